The second-order valence-corrected chi connectivity index (χ2v) is 6.99. The minimum Gasteiger partial charge on any atom is -0.323 e. The van der Waals surface area contributed by atoms with Gasteiger partial charge in [0.2, 0.25) is 0 Å². The lowest BCUT2D eigenvalue weighted by Crippen LogP contribution is -2.48. The van der Waals surface area contributed by atoms with Gasteiger partial charge in [0, 0.05) is 23.9 Å². The first kappa shape index (κ1) is 13.9. The molecule has 2 bridgehead atoms. The Kier molecular flexibility index (Phi) is 3.60. The summed E-state index contributed by atoms with van der Waals surface area (Å²) in [5.74, 6) is 2.49. The topological polar surface area (TPSA) is 21.1 Å². The van der Waals surface area contributed by atoms with Crippen LogP contribution in [0.5, 0.6) is 0 Å². The molecule has 3 aliphatic heterocycles. The number of aromatic nitrogens is 2. The van der Waals surface area contributed by atoms with Gasteiger partial charge in [-0.15, -0.1) is 11.6 Å². The number of alkyl halides is 1. The van der Waals surface area contributed by atoms with Crippen LogP contribution in [0.4, 0.5) is 0 Å². The molecule has 0 spiro atoms. The van der Waals surface area contributed by atoms with Crippen LogP contribution in [0.3, 0.4) is 0 Å². The van der Waals surface area contributed by atoms with Crippen LogP contribution in [0, 0.1) is 5.92 Å². The first-order chi connectivity index (χ1) is 10.3. The fourth-order valence-corrected chi connectivity index (χ4v) is 4.31. The average Bonchev–Trinajstić information content (AvgIpc) is 2.86. The second-order valence-electron chi connectivity index (χ2n) is 6.18. The molecular weight excluding hydrogens is 305 g/mol. The molecule has 1 atom stereocenters. The largest absolute Gasteiger partial charge is 0.323 e. The molecular formula is C16H19Cl2N3. The van der Waals surface area contributed by atoms with E-state index in [1.54, 1.807) is 0 Å². The zero-order valence-electron chi connectivity index (χ0n) is 11.9. The van der Waals surface area contributed by atoms with E-state index >= 15 is 0 Å². The van der Waals surface area contributed by atoms with Crippen molar-refractivity contribution in [2.24, 2.45) is 5.92 Å². The summed E-state index contributed by atoms with van der Waals surface area (Å²) in [6.45, 7) is 3.64. The van der Waals surface area contributed by atoms with Crippen LogP contribution in [-0.2, 0) is 6.42 Å². The van der Waals surface area contributed by atoms with Gasteiger partial charge in [0.05, 0.1) is 17.1 Å². The molecule has 0 saturated carbocycles. The Bertz CT molecular complexity index is 659. The van der Waals surface area contributed by atoms with Gasteiger partial charge in [0.1, 0.15) is 5.82 Å². The monoisotopic (exact) mass is 323 g/mol. The number of fused-ring (bicyclic) bond motifs is 4. The van der Waals surface area contributed by atoms with Crippen LogP contribution in [-0.4, -0.2) is 40.0 Å². The van der Waals surface area contributed by atoms with E-state index in [0.29, 0.717) is 11.9 Å². The van der Waals surface area contributed by atoms with E-state index in [4.69, 9.17) is 28.2 Å². The quantitative estimate of drug-likeness (QED) is 0.802. The second kappa shape index (κ2) is 5.45. The Morgan fingerprint density at radius 1 is 1.24 bits per heavy atom. The summed E-state index contributed by atoms with van der Waals surface area (Å²) < 4.78 is 2.43. The molecule has 0 amide bonds. The summed E-state index contributed by atoms with van der Waals surface area (Å²) in [6, 6.07) is 6.52. The normalized spacial score (nSPS) is 28.4. The predicted molar refractivity (Wildman–Crippen MR) is 87.4 cm³/mol. The Morgan fingerprint density at radius 2 is 2.05 bits per heavy atom. The van der Waals surface area contributed by atoms with Crippen molar-refractivity contribution >= 4 is 34.2 Å². The number of imidazole rings is 1. The van der Waals surface area contributed by atoms with Crippen LogP contribution < -0.4 is 0 Å². The Balaban J connectivity index is 1.85. The summed E-state index contributed by atoms with van der Waals surface area (Å²) in [6.07, 6.45) is 3.41. The number of piperidine rings is 3. The van der Waals surface area contributed by atoms with Crippen molar-refractivity contribution in [1.29, 1.82) is 0 Å². The molecule has 2 aromatic rings. The first-order valence-corrected chi connectivity index (χ1v) is 8.62. The molecule has 1 aromatic heterocycles. The third kappa shape index (κ3) is 2.36. The molecule has 1 unspecified atom stereocenters. The lowest BCUT2D eigenvalue weighted by molar-refractivity contribution is 0.0576. The summed E-state index contributed by atoms with van der Waals surface area (Å²) >= 11 is 12.2. The van der Waals surface area contributed by atoms with Crippen molar-refractivity contribution in [3.63, 3.8) is 0 Å². The van der Waals surface area contributed by atoms with Crippen molar-refractivity contribution < 1.29 is 0 Å². The van der Waals surface area contributed by atoms with Crippen molar-refractivity contribution in [1.82, 2.24) is 14.5 Å². The fourth-order valence-electron chi connectivity index (χ4n) is 3.97. The molecule has 3 saturated heterocycles. The van der Waals surface area contributed by atoms with Gasteiger partial charge in [-0.05, 0) is 50.0 Å². The highest BCUT2D eigenvalue weighted by molar-refractivity contribution is 6.31. The molecule has 4 heterocycles. The zero-order chi connectivity index (χ0) is 14.4. The van der Waals surface area contributed by atoms with Crippen LogP contribution in [0.15, 0.2) is 18.2 Å². The molecule has 3 fully saturated rings. The zero-order valence-corrected chi connectivity index (χ0v) is 13.4. The lowest BCUT2D eigenvalue weighted by atomic mass is 9.83. The number of hydrogen-bond donors (Lipinski definition) is 0. The lowest BCUT2D eigenvalue weighted by Gasteiger charge is -2.45. The van der Waals surface area contributed by atoms with Gasteiger partial charge in [0.25, 0.3) is 0 Å². The van der Waals surface area contributed by atoms with Gasteiger partial charge in [0.15, 0.2) is 0 Å². The number of halogens is 2. The molecule has 0 aliphatic carbocycles. The SMILES string of the molecule is ClCCc1nc2ccc(Cl)cc2n1C1CN2CCC1CC2. The predicted octanol–water partition coefficient (Wildman–Crippen LogP) is 3.74. The number of hydrogen-bond acceptors (Lipinski definition) is 2. The standard InChI is InChI=1S/C16H19Cl2N3/c17-6-3-16-19-13-2-1-12(18)9-14(13)21(16)15-10-20-7-4-11(15)5-8-20/h1-2,9,11,15H,3-8,10H2. The molecule has 112 valence electrons. The third-order valence-corrected chi connectivity index (χ3v) is 5.42. The van der Waals surface area contributed by atoms with Gasteiger partial charge in [-0.3, -0.25) is 0 Å². The Hall–Kier alpha value is -0.770. The van der Waals surface area contributed by atoms with E-state index in [-0.39, 0.29) is 0 Å². The summed E-state index contributed by atoms with van der Waals surface area (Å²) in [5.41, 5.74) is 2.21. The summed E-state index contributed by atoms with van der Waals surface area (Å²) in [4.78, 5) is 7.38. The van der Waals surface area contributed by atoms with Crippen LogP contribution in [0.1, 0.15) is 24.7 Å². The van der Waals surface area contributed by atoms with Gasteiger partial charge < -0.3 is 9.47 Å². The average molecular weight is 324 g/mol. The van der Waals surface area contributed by atoms with Crippen molar-refractivity contribution in [2.45, 2.75) is 25.3 Å². The number of aryl methyl sites for hydroxylation is 1. The van der Waals surface area contributed by atoms with Gasteiger partial charge in [-0.25, -0.2) is 4.98 Å². The van der Waals surface area contributed by atoms with Crippen LogP contribution in [0.2, 0.25) is 5.02 Å². The highest BCUT2D eigenvalue weighted by atomic mass is 35.5. The maximum absolute atomic E-state index is 6.22. The maximum atomic E-state index is 6.22. The molecule has 5 rings (SSSR count). The molecule has 3 nitrogen and oxygen atoms in total. The molecule has 1 aromatic carbocycles. The minimum absolute atomic E-state index is 0.522. The fraction of sp³-hybridized carbons (Fsp3) is 0.562. The van der Waals surface area contributed by atoms with Crippen LogP contribution >= 0.6 is 23.2 Å². The van der Waals surface area contributed by atoms with Crippen molar-refractivity contribution in [3.8, 4) is 0 Å². The van der Waals surface area contributed by atoms with Crippen molar-refractivity contribution in [2.75, 3.05) is 25.5 Å². The van der Waals surface area contributed by atoms with Gasteiger partial charge in [-0.2, -0.15) is 0 Å². The first-order valence-electron chi connectivity index (χ1n) is 7.71. The van der Waals surface area contributed by atoms with E-state index in [1.165, 1.54) is 31.4 Å². The van der Waals surface area contributed by atoms with Gasteiger partial charge in [-0.1, -0.05) is 11.6 Å². The Labute approximate surface area is 134 Å². The van der Waals surface area contributed by atoms with Crippen molar-refractivity contribution in [3.05, 3.63) is 29.0 Å². The number of benzene rings is 1. The third-order valence-electron chi connectivity index (χ3n) is 5.00. The summed E-state index contributed by atoms with van der Waals surface area (Å²) in [5, 5.41) is 0.780. The molecule has 0 N–H and O–H groups in total. The molecule has 5 heteroatoms. The maximum Gasteiger partial charge on any atom is 0.111 e. The summed E-state index contributed by atoms with van der Waals surface area (Å²) in [7, 11) is 0. The minimum atomic E-state index is 0.522. The van der Waals surface area contributed by atoms with E-state index < -0.39 is 0 Å². The van der Waals surface area contributed by atoms with E-state index in [0.717, 1.165) is 35.2 Å². The van der Waals surface area contributed by atoms with Gasteiger partial charge >= 0.3 is 0 Å². The number of nitrogens with zero attached hydrogens (tertiary/aromatic N) is 3. The van der Waals surface area contributed by atoms with E-state index in [9.17, 15) is 0 Å². The smallest absolute Gasteiger partial charge is 0.111 e. The number of rotatable bonds is 3. The van der Waals surface area contributed by atoms with Crippen LogP contribution in [0.25, 0.3) is 11.0 Å². The van der Waals surface area contributed by atoms with E-state index in [2.05, 4.69) is 15.5 Å². The molecule has 0 radical (unpaired) electrons. The Morgan fingerprint density at radius 3 is 2.71 bits per heavy atom. The highest BCUT2D eigenvalue weighted by Crippen LogP contribution is 2.38. The molecule has 21 heavy (non-hydrogen) atoms. The van der Waals surface area contributed by atoms with E-state index in [1.807, 2.05) is 12.1 Å². The highest BCUT2D eigenvalue weighted by Gasteiger charge is 2.36. The molecule has 3 aliphatic rings.